The molecule has 4 heteroatoms. The van der Waals surface area contributed by atoms with Crippen molar-refractivity contribution < 1.29 is 13.2 Å². The summed E-state index contributed by atoms with van der Waals surface area (Å²) in [5, 5.41) is -0.246. The number of hydrogen-bond donors (Lipinski definition) is 0. The molecule has 3 fully saturated rings. The molecule has 0 aromatic heterocycles. The number of aryl methyl sites for hydroxylation is 1. The largest absolute Gasteiger partial charge is 0.299 e. The van der Waals surface area contributed by atoms with Gasteiger partial charge in [0.25, 0.3) is 0 Å². The topological polar surface area (TPSA) is 51.2 Å². The lowest BCUT2D eigenvalue weighted by Gasteiger charge is -2.38. The Labute approximate surface area is 214 Å². The lowest BCUT2D eigenvalue weighted by atomic mass is 9.66. The van der Waals surface area contributed by atoms with Gasteiger partial charge in [0.05, 0.1) is 10.1 Å². The summed E-state index contributed by atoms with van der Waals surface area (Å²) in [5.74, 6) is 4.34. The summed E-state index contributed by atoms with van der Waals surface area (Å²) >= 11 is 0. The fourth-order valence-electron chi connectivity index (χ4n) is 7.47. The van der Waals surface area contributed by atoms with Crippen molar-refractivity contribution in [3.8, 4) is 0 Å². The Morgan fingerprint density at radius 1 is 0.714 bits per heavy atom. The summed E-state index contributed by atoms with van der Waals surface area (Å²) in [4.78, 5) is 13.8. The van der Waals surface area contributed by atoms with E-state index >= 15 is 0 Å². The van der Waals surface area contributed by atoms with Crippen LogP contribution in [0.2, 0.25) is 0 Å². The van der Waals surface area contributed by atoms with Crippen LogP contribution in [0.5, 0.6) is 0 Å². The van der Waals surface area contributed by atoms with E-state index < -0.39 is 9.84 Å². The minimum Gasteiger partial charge on any atom is -0.299 e. The van der Waals surface area contributed by atoms with E-state index in [1.54, 1.807) is 0 Å². The Morgan fingerprint density at radius 3 is 1.86 bits per heavy atom. The van der Waals surface area contributed by atoms with Gasteiger partial charge in [-0.3, -0.25) is 4.79 Å². The van der Waals surface area contributed by atoms with Crippen LogP contribution in [-0.4, -0.2) is 19.5 Å². The summed E-state index contributed by atoms with van der Waals surface area (Å²) in [6, 6.07) is 5.89. The average molecular weight is 501 g/mol. The number of hydrogen-bond acceptors (Lipinski definition) is 3. The Balaban J connectivity index is 1.43. The van der Waals surface area contributed by atoms with E-state index in [0.29, 0.717) is 40.3 Å². The predicted octanol–water partition coefficient (Wildman–Crippen LogP) is 7.75. The fourth-order valence-corrected chi connectivity index (χ4v) is 9.46. The van der Waals surface area contributed by atoms with Crippen LogP contribution in [0.15, 0.2) is 23.1 Å². The molecule has 35 heavy (non-hydrogen) atoms. The first-order valence-corrected chi connectivity index (χ1v) is 15.9. The van der Waals surface area contributed by atoms with E-state index in [-0.39, 0.29) is 17.1 Å². The van der Waals surface area contributed by atoms with Crippen LogP contribution < -0.4 is 0 Å². The van der Waals surface area contributed by atoms with Crippen LogP contribution in [0, 0.1) is 48.3 Å². The highest BCUT2D eigenvalue weighted by molar-refractivity contribution is 7.92. The van der Waals surface area contributed by atoms with Gasteiger partial charge in [-0.1, -0.05) is 40.7 Å². The second kappa shape index (κ2) is 10.7. The van der Waals surface area contributed by atoms with Crippen LogP contribution in [0.3, 0.4) is 0 Å². The van der Waals surface area contributed by atoms with Crippen LogP contribution >= 0.6 is 0 Å². The minimum atomic E-state index is -3.29. The molecule has 4 rings (SSSR count). The van der Waals surface area contributed by atoms with Gasteiger partial charge in [0.1, 0.15) is 5.78 Å². The van der Waals surface area contributed by atoms with E-state index in [4.69, 9.17) is 0 Å². The molecule has 3 saturated carbocycles. The molecule has 0 aliphatic heterocycles. The van der Waals surface area contributed by atoms with Crippen LogP contribution in [-0.2, 0) is 14.6 Å². The molecule has 0 saturated heterocycles. The van der Waals surface area contributed by atoms with Crippen molar-refractivity contribution in [1.29, 1.82) is 0 Å². The maximum Gasteiger partial charge on any atom is 0.181 e. The summed E-state index contributed by atoms with van der Waals surface area (Å²) in [7, 11) is -3.29. The fraction of sp³-hybridized carbons (Fsp3) is 0.774. The number of Topliss-reactive ketones (excluding diaryl/α,β-unsaturated/α-hetero) is 1. The zero-order chi connectivity index (χ0) is 25.5. The Morgan fingerprint density at radius 2 is 1.29 bits per heavy atom. The van der Waals surface area contributed by atoms with Crippen molar-refractivity contribution in [3.05, 3.63) is 29.3 Å². The number of rotatable bonds is 5. The van der Waals surface area contributed by atoms with E-state index in [1.165, 1.54) is 12.0 Å². The maximum absolute atomic E-state index is 13.4. The van der Waals surface area contributed by atoms with Crippen molar-refractivity contribution in [1.82, 2.24) is 0 Å². The zero-order valence-electron chi connectivity index (χ0n) is 22.9. The summed E-state index contributed by atoms with van der Waals surface area (Å²) in [6.07, 6.45) is 8.87. The molecular formula is C31H48O3S. The van der Waals surface area contributed by atoms with Crippen molar-refractivity contribution in [2.24, 2.45) is 41.4 Å². The van der Waals surface area contributed by atoms with E-state index in [1.807, 2.05) is 12.1 Å². The minimum absolute atomic E-state index is 0.211. The van der Waals surface area contributed by atoms with Gasteiger partial charge in [0.15, 0.2) is 9.84 Å². The lowest BCUT2D eigenvalue weighted by molar-refractivity contribution is -0.130. The molecule has 0 bridgehead atoms. The van der Waals surface area contributed by atoms with Crippen LogP contribution in [0.4, 0.5) is 0 Å². The Hall–Kier alpha value is -1.16. The molecule has 0 spiro atoms. The van der Waals surface area contributed by atoms with Crippen LogP contribution in [0.25, 0.3) is 0 Å². The highest BCUT2D eigenvalue weighted by Crippen LogP contribution is 2.45. The molecule has 9 atom stereocenters. The quantitative estimate of drug-likeness (QED) is 0.415. The van der Waals surface area contributed by atoms with Gasteiger partial charge in [0.2, 0.25) is 0 Å². The van der Waals surface area contributed by atoms with Crippen molar-refractivity contribution in [2.45, 2.75) is 115 Å². The van der Waals surface area contributed by atoms with Gasteiger partial charge in [-0.15, -0.1) is 0 Å². The molecule has 196 valence electrons. The second-order valence-corrected chi connectivity index (χ2v) is 15.1. The van der Waals surface area contributed by atoms with Gasteiger partial charge < -0.3 is 0 Å². The van der Waals surface area contributed by atoms with E-state index in [9.17, 15) is 13.2 Å². The van der Waals surface area contributed by atoms with Crippen molar-refractivity contribution >= 4 is 15.6 Å². The Kier molecular flexibility index (Phi) is 8.20. The molecule has 1 aromatic carbocycles. The third-order valence-electron chi connectivity index (χ3n) is 10.5. The summed E-state index contributed by atoms with van der Waals surface area (Å²) in [6.45, 7) is 13.4. The molecular weight excluding hydrogens is 452 g/mol. The number of ketones is 1. The third kappa shape index (κ3) is 5.58. The molecule has 0 N–H and O–H groups in total. The first kappa shape index (κ1) is 26.9. The summed E-state index contributed by atoms with van der Waals surface area (Å²) < 4.78 is 26.8. The average Bonchev–Trinajstić information content (AvgIpc) is 2.82. The smallest absolute Gasteiger partial charge is 0.181 e. The molecule has 3 nitrogen and oxygen atoms in total. The predicted molar refractivity (Wildman–Crippen MR) is 144 cm³/mol. The van der Waals surface area contributed by atoms with Crippen molar-refractivity contribution in [3.63, 3.8) is 0 Å². The molecule has 1 aromatic rings. The van der Waals surface area contributed by atoms with E-state index in [0.717, 1.165) is 62.8 Å². The Bertz CT molecular complexity index is 1010. The molecule has 0 radical (unpaired) electrons. The summed E-state index contributed by atoms with van der Waals surface area (Å²) in [5.41, 5.74) is 2.38. The molecule has 3 aliphatic carbocycles. The lowest BCUT2D eigenvalue weighted by Crippen LogP contribution is -2.34. The van der Waals surface area contributed by atoms with Crippen molar-refractivity contribution in [2.75, 3.05) is 0 Å². The molecule has 0 amide bonds. The number of sulfone groups is 1. The first-order chi connectivity index (χ1) is 16.5. The standard InChI is InChI=1S/C31H48O3S/c1-19-7-9-25(15-21(19)3)31(32)26-10-13-29(23(5)16-26)30-14-12-28(18-24(30)6)35(33,34)27-11-8-20(2)22(4)17-27/h12,14,18-23,25-27,29H,7-11,13,15-17H2,1-6H3. The first-order valence-electron chi connectivity index (χ1n) is 14.4. The molecule has 0 heterocycles. The number of carbonyl (C=O) groups is 1. The number of carbonyl (C=O) groups excluding carboxylic acids is 1. The second-order valence-electron chi connectivity index (χ2n) is 12.9. The van der Waals surface area contributed by atoms with Gasteiger partial charge in [-0.05, 0) is 123 Å². The SMILES string of the molecule is Cc1cc(S(=O)(=O)C2CCC(C)C(C)C2)ccc1C1CCC(C(=O)C2CCC(C)C(C)C2)CC1C. The van der Waals surface area contributed by atoms with Gasteiger partial charge >= 0.3 is 0 Å². The molecule has 9 unspecified atom stereocenters. The normalized spacial score (nSPS) is 38.7. The van der Waals surface area contributed by atoms with Gasteiger partial charge in [-0.2, -0.15) is 0 Å². The maximum atomic E-state index is 13.4. The van der Waals surface area contributed by atoms with Gasteiger partial charge in [0, 0.05) is 11.8 Å². The third-order valence-corrected chi connectivity index (χ3v) is 12.7. The zero-order valence-corrected chi connectivity index (χ0v) is 23.7. The highest BCUT2D eigenvalue weighted by atomic mass is 32.2. The highest BCUT2D eigenvalue weighted by Gasteiger charge is 2.38. The van der Waals surface area contributed by atoms with E-state index in [2.05, 4.69) is 47.6 Å². The number of benzene rings is 1. The monoisotopic (exact) mass is 500 g/mol. The molecule has 3 aliphatic rings. The van der Waals surface area contributed by atoms with Gasteiger partial charge in [-0.25, -0.2) is 8.42 Å². The van der Waals surface area contributed by atoms with Crippen LogP contribution in [0.1, 0.15) is 109 Å².